The average Bonchev–Trinajstić information content (AvgIpc) is 3.35. The van der Waals surface area contributed by atoms with Crippen LogP contribution in [0.15, 0.2) is 30.4 Å². The van der Waals surface area contributed by atoms with E-state index in [2.05, 4.69) is 14.1 Å². The number of allylic oxidation sites excluding steroid dienone is 2. The highest BCUT2D eigenvalue weighted by Gasteiger charge is 2.51. The van der Waals surface area contributed by atoms with Crippen molar-refractivity contribution in [1.82, 2.24) is 13.6 Å². The molecule has 4 rings (SSSR count). The monoisotopic (exact) mass is 456 g/mol. The van der Waals surface area contributed by atoms with E-state index in [0.717, 1.165) is 16.6 Å². The SMILES string of the molecule is CC(C)C[C@@H](C(=O)OCC(=O)Nc1cccc2nsnc12)N1C(=O)[C@H]2CC=CC[C@@H]2C1=O. The number of nitrogens with one attached hydrogen (secondary N) is 1. The molecule has 1 aromatic carbocycles. The van der Waals surface area contributed by atoms with E-state index in [4.69, 9.17) is 4.74 Å². The molecule has 0 bridgehead atoms. The van der Waals surface area contributed by atoms with Gasteiger partial charge in [0, 0.05) is 0 Å². The average molecular weight is 457 g/mol. The molecule has 168 valence electrons. The Bertz CT molecular complexity index is 1070. The van der Waals surface area contributed by atoms with E-state index in [1.807, 2.05) is 26.0 Å². The Morgan fingerprint density at radius 1 is 1.16 bits per heavy atom. The molecule has 32 heavy (non-hydrogen) atoms. The first-order chi connectivity index (χ1) is 15.4. The van der Waals surface area contributed by atoms with Gasteiger partial charge < -0.3 is 10.1 Å². The molecule has 9 nitrogen and oxygen atoms in total. The van der Waals surface area contributed by atoms with Gasteiger partial charge in [-0.2, -0.15) is 8.75 Å². The summed E-state index contributed by atoms with van der Waals surface area (Å²) >= 11 is 1.03. The maximum atomic E-state index is 12.9. The lowest BCUT2D eigenvalue weighted by atomic mass is 9.85. The summed E-state index contributed by atoms with van der Waals surface area (Å²) in [5, 5.41) is 2.67. The number of hydrogen-bond donors (Lipinski definition) is 1. The van der Waals surface area contributed by atoms with Crippen molar-refractivity contribution < 1.29 is 23.9 Å². The number of imide groups is 1. The Balaban J connectivity index is 1.43. The van der Waals surface area contributed by atoms with Gasteiger partial charge in [-0.1, -0.05) is 32.1 Å². The molecular weight excluding hydrogens is 432 g/mol. The number of likely N-dealkylation sites (tertiary alicyclic amines) is 1. The van der Waals surface area contributed by atoms with Crippen LogP contribution in [0.4, 0.5) is 5.69 Å². The van der Waals surface area contributed by atoms with Gasteiger partial charge >= 0.3 is 5.97 Å². The van der Waals surface area contributed by atoms with Crippen molar-refractivity contribution in [3.05, 3.63) is 30.4 Å². The van der Waals surface area contributed by atoms with Crippen molar-refractivity contribution in [3.8, 4) is 0 Å². The predicted molar refractivity (Wildman–Crippen MR) is 117 cm³/mol. The van der Waals surface area contributed by atoms with Crippen LogP contribution in [0.2, 0.25) is 0 Å². The zero-order chi connectivity index (χ0) is 22.8. The third kappa shape index (κ3) is 4.27. The molecule has 0 saturated carbocycles. The Kier molecular flexibility index (Phi) is 6.31. The summed E-state index contributed by atoms with van der Waals surface area (Å²) in [6.45, 7) is 3.26. The standard InChI is InChI=1S/C22H24N4O5S/c1-12(2)10-17(26-20(28)13-6-3-4-7-14(13)21(26)29)22(30)31-11-18(27)23-15-8-5-9-16-19(15)25-32-24-16/h3-5,8-9,12-14,17H,6-7,10-11H2,1-2H3,(H,23,27)/t13-,14-,17-/m0/s1. The van der Waals surface area contributed by atoms with Gasteiger partial charge in [0.25, 0.3) is 5.91 Å². The summed E-state index contributed by atoms with van der Waals surface area (Å²) in [5.41, 5.74) is 1.68. The van der Waals surface area contributed by atoms with E-state index < -0.39 is 36.4 Å². The zero-order valence-corrected chi connectivity index (χ0v) is 18.6. The molecule has 1 saturated heterocycles. The first-order valence-electron chi connectivity index (χ1n) is 10.6. The largest absolute Gasteiger partial charge is 0.454 e. The van der Waals surface area contributed by atoms with Crippen LogP contribution >= 0.6 is 11.7 Å². The van der Waals surface area contributed by atoms with Crippen molar-refractivity contribution in [2.75, 3.05) is 11.9 Å². The Morgan fingerprint density at radius 3 is 2.50 bits per heavy atom. The van der Waals surface area contributed by atoms with Gasteiger partial charge in [-0.3, -0.25) is 19.3 Å². The smallest absolute Gasteiger partial charge is 0.329 e. The Labute approximate surface area is 189 Å². The van der Waals surface area contributed by atoms with Crippen molar-refractivity contribution in [2.24, 2.45) is 17.8 Å². The topological polar surface area (TPSA) is 119 Å². The fraction of sp³-hybridized carbons (Fsp3) is 0.455. The van der Waals surface area contributed by atoms with Crippen LogP contribution in [0.25, 0.3) is 11.0 Å². The summed E-state index contributed by atoms with van der Waals surface area (Å²) < 4.78 is 13.5. The van der Waals surface area contributed by atoms with Crippen LogP contribution in [0, 0.1) is 17.8 Å². The van der Waals surface area contributed by atoms with Crippen LogP contribution in [0.1, 0.15) is 33.1 Å². The van der Waals surface area contributed by atoms with Gasteiger partial charge in [0.05, 0.1) is 29.3 Å². The second-order valence-electron chi connectivity index (χ2n) is 8.44. The van der Waals surface area contributed by atoms with Gasteiger partial charge in [-0.05, 0) is 37.3 Å². The quantitative estimate of drug-likeness (QED) is 0.386. The fourth-order valence-electron chi connectivity index (χ4n) is 4.21. The first-order valence-corrected chi connectivity index (χ1v) is 11.3. The number of fused-ring (bicyclic) bond motifs is 2. The number of rotatable bonds is 7. The van der Waals surface area contributed by atoms with E-state index in [0.29, 0.717) is 29.6 Å². The molecule has 3 atom stereocenters. The number of ether oxygens (including phenoxy) is 1. The molecule has 1 aromatic heterocycles. The Morgan fingerprint density at radius 2 is 1.84 bits per heavy atom. The van der Waals surface area contributed by atoms with E-state index in [9.17, 15) is 19.2 Å². The number of carbonyl (C=O) groups excluding carboxylic acids is 4. The number of amides is 3. The number of nitrogens with zero attached hydrogens (tertiary/aromatic N) is 3. The summed E-state index contributed by atoms with van der Waals surface area (Å²) in [6.07, 6.45) is 5.06. The van der Waals surface area contributed by atoms with Crippen molar-refractivity contribution in [3.63, 3.8) is 0 Å². The number of aromatic nitrogens is 2. The lowest BCUT2D eigenvalue weighted by Crippen LogP contribution is -2.47. The minimum Gasteiger partial charge on any atom is -0.454 e. The highest BCUT2D eigenvalue weighted by atomic mass is 32.1. The van der Waals surface area contributed by atoms with Crippen LogP contribution < -0.4 is 5.32 Å². The molecule has 3 amide bonds. The molecule has 1 aliphatic carbocycles. The van der Waals surface area contributed by atoms with Crippen molar-refractivity contribution in [1.29, 1.82) is 0 Å². The van der Waals surface area contributed by atoms with Gasteiger partial charge in [-0.25, -0.2) is 4.79 Å². The number of hydrogen-bond acceptors (Lipinski definition) is 8. The molecule has 2 heterocycles. The zero-order valence-electron chi connectivity index (χ0n) is 17.8. The minimum atomic E-state index is -1.04. The second kappa shape index (κ2) is 9.15. The first kappa shape index (κ1) is 22.1. The highest BCUT2D eigenvalue weighted by molar-refractivity contribution is 7.00. The number of benzene rings is 1. The Hall–Kier alpha value is -3.14. The molecule has 0 unspecified atom stereocenters. The van der Waals surface area contributed by atoms with Crippen LogP contribution in [0.5, 0.6) is 0 Å². The summed E-state index contributed by atoms with van der Waals surface area (Å²) in [7, 11) is 0. The molecule has 1 fully saturated rings. The van der Waals surface area contributed by atoms with Crippen molar-refractivity contribution >= 4 is 52.1 Å². The van der Waals surface area contributed by atoms with Gasteiger partial charge in [0.15, 0.2) is 6.61 Å². The lowest BCUT2D eigenvalue weighted by molar-refractivity contribution is -0.160. The van der Waals surface area contributed by atoms with Crippen LogP contribution in [-0.4, -0.2) is 50.0 Å². The predicted octanol–water partition coefficient (Wildman–Crippen LogP) is 2.54. The van der Waals surface area contributed by atoms with Crippen molar-refractivity contribution in [2.45, 2.75) is 39.2 Å². The normalized spacial score (nSPS) is 21.2. The van der Waals surface area contributed by atoms with Crippen LogP contribution in [-0.2, 0) is 23.9 Å². The molecule has 1 N–H and O–H groups in total. The summed E-state index contributed by atoms with van der Waals surface area (Å²) in [5.74, 6) is -2.78. The molecule has 10 heteroatoms. The van der Waals surface area contributed by atoms with Crippen LogP contribution in [0.3, 0.4) is 0 Å². The molecule has 2 aromatic rings. The minimum absolute atomic E-state index is 0.0393. The third-order valence-electron chi connectivity index (χ3n) is 5.73. The van der Waals surface area contributed by atoms with E-state index in [1.165, 1.54) is 0 Å². The molecule has 1 aliphatic heterocycles. The van der Waals surface area contributed by atoms with Gasteiger partial charge in [0.2, 0.25) is 11.8 Å². The number of esters is 1. The molecule has 2 aliphatic rings. The highest BCUT2D eigenvalue weighted by Crippen LogP contribution is 2.37. The number of carbonyl (C=O) groups is 4. The summed E-state index contributed by atoms with van der Waals surface area (Å²) in [4.78, 5) is 52.2. The third-order valence-corrected chi connectivity index (χ3v) is 6.27. The van der Waals surface area contributed by atoms with E-state index in [1.54, 1.807) is 18.2 Å². The van der Waals surface area contributed by atoms with Gasteiger partial charge in [0.1, 0.15) is 17.1 Å². The molecule has 0 spiro atoms. The van der Waals surface area contributed by atoms with E-state index >= 15 is 0 Å². The van der Waals surface area contributed by atoms with E-state index in [-0.39, 0.29) is 24.2 Å². The molecule has 0 radical (unpaired) electrons. The summed E-state index contributed by atoms with van der Waals surface area (Å²) in [6, 6.07) is 4.16. The lowest BCUT2D eigenvalue weighted by Gasteiger charge is -2.26. The van der Waals surface area contributed by atoms with Gasteiger partial charge in [-0.15, -0.1) is 0 Å². The fourth-order valence-corrected chi connectivity index (χ4v) is 4.76. The molecular formula is C22H24N4O5S. The number of anilines is 1. The maximum Gasteiger partial charge on any atom is 0.329 e. The maximum absolute atomic E-state index is 12.9. The second-order valence-corrected chi connectivity index (χ2v) is 8.97.